The lowest BCUT2D eigenvalue weighted by molar-refractivity contribution is 1.27. The molecule has 1 aromatic heterocycles. The van der Waals surface area contributed by atoms with Gasteiger partial charge in [-0.1, -0.05) is 133 Å². The quantitative estimate of drug-likeness (QED) is 0.200. The van der Waals surface area contributed by atoms with Crippen LogP contribution in [0.2, 0.25) is 0 Å². The number of aromatic nitrogens is 1. The maximum Gasteiger partial charge on any atom is 0.0303 e. The maximum absolute atomic E-state index is 4.24. The van der Waals surface area contributed by atoms with E-state index in [9.17, 15) is 0 Å². The van der Waals surface area contributed by atoms with Crippen molar-refractivity contribution in [3.05, 3.63) is 164 Å². The van der Waals surface area contributed by atoms with Crippen LogP contribution in [0, 0.1) is 6.92 Å². The number of hydrogen-bond donors (Lipinski definition) is 0. The Morgan fingerprint density at radius 2 is 0.860 bits per heavy atom. The van der Waals surface area contributed by atoms with Crippen molar-refractivity contribution in [1.29, 1.82) is 0 Å². The fourth-order valence-electron chi connectivity index (χ4n) is 6.56. The second-order valence-electron chi connectivity index (χ2n) is 11.2. The van der Waals surface area contributed by atoms with Crippen LogP contribution in [0.5, 0.6) is 0 Å². The van der Waals surface area contributed by atoms with E-state index in [1.54, 1.807) is 0 Å². The van der Waals surface area contributed by atoms with Gasteiger partial charge in [-0.15, -0.1) is 0 Å². The minimum absolute atomic E-state index is 1.19. The molecule has 43 heavy (non-hydrogen) atoms. The van der Waals surface area contributed by atoms with Gasteiger partial charge in [0.05, 0.1) is 0 Å². The highest BCUT2D eigenvalue weighted by molar-refractivity contribution is 6.21. The summed E-state index contributed by atoms with van der Waals surface area (Å²) >= 11 is 0. The van der Waals surface area contributed by atoms with E-state index in [0.717, 1.165) is 0 Å². The first kappa shape index (κ1) is 25.2. The van der Waals surface area contributed by atoms with E-state index in [2.05, 4.69) is 158 Å². The van der Waals surface area contributed by atoms with Crippen LogP contribution in [-0.2, 0) is 0 Å². The molecule has 8 aromatic rings. The van der Waals surface area contributed by atoms with Crippen molar-refractivity contribution in [2.24, 2.45) is 0 Å². The van der Waals surface area contributed by atoms with Crippen LogP contribution in [0.4, 0.5) is 0 Å². The topological polar surface area (TPSA) is 12.9 Å². The van der Waals surface area contributed by atoms with Crippen molar-refractivity contribution < 1.29 is 0 Å². The molecule has 0 saturated carbocycles. The Kier molecular flexibility index (Phi) is 6.09. The summed E-state index contributed by atoms with van der Waals surface area (Å²) in [4.78, 5) is 4.24. The molecule has 0 bridgehead atoms. The third-order valence-corrected chi connectivity index (χ3v) is 8.69. The summed E-state index contributed by atoms with van der Waals surface area (Å²) in [5, 5.41) is 7.62. The van der Waals surface area contributed by atoms with Crippen molar-refractivity contribution in [2.75, 3.05) is 0 Å². The molecule has 8 rings (SSSR count). The number of aryl methyl sites for hydroxylation is 1. The summed E-state index contributed by atoms with van der Waals surface area (Å²) in [5.74, 6) is 0. The van der Waals surface area contributed by atoms with Gasteiger partial charge < -0.3 is 0 Å². The molecular weight excluding hydrogens is 518 g/mol. The average molecular weight is 548 g/mol. The predicted molar refractivity (Wildman–Crippen MR) is 183 cm³/mol. The molecule has 0 aliphatic carbocycles. The van der Waals surface area contributed by atoms with Gasteiger partial charge in [-0.05, 0) is 101 Å². The second kappa shape index (κ2) is 10.4. The molecular formula is C42H29N. The lowest BCUT2D eigenvalue weighted by Crippen LogP contribution is -1.91. The smallest absolute Gasteiger partial charge is 0.0303 e. The van der Waals surface area contributed by atoms with Crippen molar-refractivity contribution in [1.82, 2.24) is 4.98 Å². The fraction of sp³-hybridized carbons (Fsp3) is 0.0238. The van der Waals surface area contributed by atoms with Crippen molar-refractivity contribution in [3.8, 4) is 44.5 Å². The van der Waals surface area contributed by atoms with Gasteiger partial charge in [-0.3, -0.25) is 4.98 Å². The number of fused-ring (bicyclic) bond motifs is 3. The van der Waals surface area contributed by atoms with Gasteiger partial charge in [-0.2, -0.15) is 0 Å². The van der Waals surface area contributed by atoms with Gasteiger partial charge in [0.1, 0.15) is 0 Å². The molecule has 1 heterocycles. The Bertz CT molecular complexity index is 2220. The largest absolute Gasteiger partial charge is 0.264 e. The Morgan fingerprint density at radius 1 is 0.395 bits per heavy atom. The molecule has 0 N–H and O–H groups in total. The van der Waals surface area contributed by atoms with Gasteiger partial charge in [0.2, 0.25) is 0 Å². The molecule has 0 saturated heterocycles. The first-order valence-corrected chi connectivity index (χ1v) is 14.8. The van der Waals surface area contributed by atoms with Crippen LogP contribution in [-0.4, -0.2) is 4.98 Å². The average Bonchev–Trinajstić information content (AvgIpc) is 3.07. The summed E-state index contributed by atoms with van der Waals surface area (Å²) in [6.07, 6.45) is 3.78. The first-order chi connectivity index (χ1) is 21.2. The van der Waals surface area contributed by atoms with Crippen LogP contribution in [0.15, 0.2) is 158 Å². The Morgan fingerprint density at radius 3 is 1.44 bits per heavy atom. The highest BCUT2D eigenvalue weighted by Gasteiger charge is 2.16. The molecule has 1 heteroatoms. The Balaban J connectivity index is 1.25. The minimum Gasteiger partial charge on any atom is -0.264 e. The SMILES string of the molecule is Cc1cnccc1-c1ccc(-c2ccc(-c3c4ccccc4c(-c4ccc5ccccc5c4)c4ccccc34)cc2)cc1. The van der Waals surface area contributed by atoms with E-state index in [0.29, 0.717) is 0 Å². The highest BCUT2D eigenvalue weighted by atomic mass is 14.6. The van der Waals surface area contributed by atoms with Crippen molar-refractivity contribution in [2.45, 2.75) is 6.92 Å². The van der Waals surface area contributed by atoms with Gasteiger partial charge >= 0.3 is 0 Å². The Hall–Kier alpha value is -5.53. The van der Waals surface area contributed by atoms with Crippen LogP contribution >= 0.6 is 0 Å². The van der Waals surface area contributed by atoms with E-state index >= 15 is 0 Å². The summed E-state index contributed by atoms with van der Waals surface area (Å²) in [6, 6.07) is 53.2. The molecule has 0 aliphatic heterocycles. The van der Waals surface area contributed by atoms with Gasteiger partial charge in [0.15, 0.2) is 0 Å². The van der Waals surface area contributed by atoms with Crippen molar-refractivity contribution >= 4 is 32.3 Å². The lowest BCUT2D eigenvalue weighted by Gasteiger charge is -2.18. The summed E-state index contributed by atoms with van der Waals surface area (Å²) in [7, 11) is 0. The normalized spacial score (nSPS) is 11.4. The third-order valence-electron chi connectivity index (χ3n) is 8.69. The highest BCUT2D eigenvalue weighted by Crippen LogP contribution is 2.44. The lowest BCUT2D eigenvalue weighted by atomic mass is 9.85. The second-order valence-corrected chi connectivity index (χ2v) is 11.2. The van der Waals surface area contributed by atoms with E-state index in [1.165, 1.54) is 82.4 Å². The number of rotatable bonds is 4. The summed E-state index contributed by atoms with van der Waals surface area (Å²) in [6.45, 7) is 2.11. The first-order valence-electron chi connectivity index (χ1n) is 14.8. The van der Waals surface area contributed by atoms with Crippen LogP contribution in [0.1, 0.15) is 5.56 Å². The van der Waals surface area contributed by atoms with Gasteiger partial charge in [-0.25, -0.2) is 0 Å². The summed E-state index contributed by atoms with van der Waals surface area (Å²) < 4.78 is 0. The molecule has 0 radical (unpaired) electrons. The fourth-order valence-corrected chi connectivity index (χ4v) is 6.56. The zero-order chi connectivity index (χ0) is 28.8. The van der Waals surface area contributed by atoms with E-state index in [1.807, 2.05) is 12.4 Å². The molecule has 202 valence electrons. The van der Waals surface area contributed by atoms with Crippen LogP contribution < -0.4 is 0 Å². The third kappa shape index (κ3) is 4.38. The molecule has 0 aliphatic rings. The molecule has 0 amide bonds. The maximum atomic E-state index is 4.24. The zero-order valence-electron chi connectivity index (χ0n) is 24.0. The molecule has 0 fully saturated rings. The standard InChI is InChI=1S/C42H29N/c1-28-27-43-25-24-36(28)32-19-14-30(15-20-32)31-16-21-33(22-17-31)41-37-10-4-6-12-39(37)42(40-13-7-5-11-38(40)41)35-23-18-29-8-2-3-9-34(29)26-35/h2-27H,1H3. The van der Waals surface area contributed by atoms with Crippen LogP contribution in [0.25, 0.3) is 76.8 Å². The zero-order valence-corrected chi connectivity index (χ0v) is 24.0. The monoisotopic (exact) mass is 547 g/mol. The van der Waals surface area contributed by atoms with E-state index < -0.39 is 0 Å². The predicted octanol–water partition coefficient (Wildman–Crippen LogP) is 11.5. The van der Waals surface area contributed by atoms with E-state index in [4.69, 9.17) is 0 Å². The number of pyridine rings is 1. The molecule has 7 aromatic carbocycles. The van der Waals surface area contributed by atoms with Gasteiger partial charge in [0, 0.05) is 12.4 Å². The molecule has 0 unspecified atom stereocenters. The van der Waals surface area contributed by atoms with E-state index in [-0.39, 0.29) is 0 Å². The summed E-state index contributed by atoms with van der Waals surface area (Å²) in [5.41, 5.74) is 11.1. The minimum atomic E-state index is 1.19. The molecule has 0 spiro atoms. The molecule has 1 nitrogen and oxygen atoms in total. The van der Waals surface area contributed by atoms with Gasteiger partial charge in [0.25, 0.3) is 0 Å². The number of benzene rings is 7. The number of nitrogens with zero attached hydrogens (tertiary/aromatic N) is 1. The van der Waals surface area contributed by atoms with Crippen LogP contribution in [0.3, 0.4) is 0 Å². The molecule has 0 atom stereocenters. The Labute approximate surface area is 251 Å². The number of hydrogen-bond acceptors (Lipinski definition) is 1. The van der Waals surface area contributed by atoms with Crippen molar-refractivity contribution in [3.63, 3.8) is 0 Å².